The second kappa shape index (κ2) is 7.32. The lowest BCUT2D eigenvalue weighted by atomic mass is 10.1. The van der Waals surface area contributed by atoms with Crippen molar-refractivity contribution in [1.82, 2.24) is 4.90 Å². The summed E-state index contributed by atoms with van der Waals surface area (Å²) < 4.78 is 38.1. The van der Waals surface area contributed by atoms with Gasteiger partial charge in [0.25, 0.3) is 0 Å². The number of rotatable bonds is 6. The fourth-order valence-corrected chi connectivity index (χ4v) is 2.02. The van der Waals surface area contributed by atoms with Gasteiger partial charge in [-0.05, 0) is 38.7 Å². The van der Waals surface area contributed by atoms with Crippen LogP contribution in [0.5, 0.6) is 0 Å². The van der Waals surface area contributed by atoms with Crippen molar-refractivity contribution >= 4 is 5.69 Å². The van der Waals surface area contributed by atoms with Crippen molar-refractivity contribution in [2.75, 3.05) is 38.6 Å². The van der Waals surface area contributed by atoms with E-state index < -0.39 is 11.7 Å². The molecule has 0 N–H and O–H groups in total. The Hall–Kier alpha value is -1.74. The van der Waals surface area contributed by atoms with Crippen molar-refractivity contribution in [3.05, 3.63) is 29.3 Å². The zero-order valence-corrected chi connectivity index (χ0v) is 12.5. The maximum absolute atomic E-state index is 12.7. The largest absolute Gasteiger partial charge is 0.416 e. The van der Waals surface area contributed by atoms with Gasteiger partial charge in [-0.15, -0.1) is 0 Å². The maximum Gasteiger partial charge on any atom is 0.416 e. The number of halogens is 3. The molecule has 0 aromatic heterocycles. The van der Waals surface area contributed by atoms with Gasteiger partial charge in [0, 0.05) is 19.6 Å². The monoisotopic (exact) mass is 299 g/mol. The molecular formula is C15H20F3N3. The molecule has 0 aliphatic rings. The van der Waals surface area contributed by atoms with Crippen molar-refractivity contribution in [2.24, 2.45) is 0 Å². The first-order chi connectivity index (χ1) is 9.79. The van der Waals surface area contributed by atoms with E-state index in [0.29, 0.717) is 18.8 Å². The molecule has 1 aromatic carbocycles. The Morgan fingerprint density at radius 2 is 1.81 bits per heavy atom. The van der Waals surface area contributed by atoms with Crippen LogP contribution in [0.1, 0.15) is 24.5 Å². The zero-order chi connectivity index (χ0) is 16.0. The molecule has 0 heterocycles. The van der Waals surface area contributed by atoms with Crippen molar-refractivity contribution < 1.29 is 13.2 Å². The summed E-state index contributed by atoms with van der Waals surface area (Å²) in [6.07, 6.45) is -3.57. The standard InChI is InChI=1S/C15H20F3N3/c1-4-7-21(9-8-20(2)3)14-6-5-13(15(16,17)18)10-12(14)11-19/h5-6,10H,4,7-9H2,1-3H3. The molecule has 0 spiro atoms. The van der Waals surface area contributed by atoms with Crippen LogP contribution in [0, 0.1) is 11.3 Å². The first-order valence-electron chi connectivity index (χ1n) is 6.80. The summed E-state index contributed by atoms with van der Waals surface area (Å²) in [5.41, 5.74) is -0.155. The van der Waals surface area contributed by atoms with E-state index in [4.69, 9.17) is 5.26 Å². The molecule has 1 aromatic rings. The number of likely N-dealkylation sites (N-methyl/N-ethyl adjacent to an activating group) is 1. The first kappa shape index (κ1) is 17.3. The fourth-order valence-electron chi connectivity index (χ4n) is 2.02. The predicted molar refractivity (Wildman–Crippen MR) is 77.2 cm³/mol. The quantitative estimate of drug-likeness (QED) is 0.807. The molecule has 0 saturated carbocycles. The molecule has 21 heavy (non-hydrogen) atoms. The van der Waals surface area contributed by atoms with Gasteiger partial charge in [0.2, 0.25) is 0 Å². The lowest BCUT2D eigenvalue weighted by Gasteiger charge is -2.27. The van der Waals surface area contributed by atoms with Gasteiger partial charge in [-0.1, -0.05) is 6.92 Å². The van der Waals surface area contributed by atoms with Gasteiger partial charge in [0.15, 0.2) is 0 Å². The lowest BCUT2D eigenvalue weighted by Crippen LogP contribution is -2.32. The number of hydrogen-bond donors (Lipinski definition) is 0. The first-order valence-corrected chi connectivity index (χ1v) is 6.80. The van der Waals surface area contributed by atoms with Gasteiger partial charge >= 0.3 is 6.18 Å². The molecule has 0 aliphatic carbocycles. The van der Waals surface area contributed by atoms with Gasteiger partial charge < -0.3 is 9.80 Å². The highest BCUT2D eigenvalue weighted by Gasteiger charge is 2.31. The minimum Gasteiger partial charge on any atom is -0.369 e. The van der Waals surface area contributed by atoms with Gasteiger partial charge in [-0.2, -0.15) is 18.4 Å². The summed E-state index contributed by atoms with van der Waals surface area (Å²) in [4.78, 5) is 3.96. The van der Waals surface area contributed by atoms with E-state index in [1.165, 1.54) is 6.07 Å². The van der Waals surface area contributed by atoms with Crippen LogP contribution in [0.15, 0.2) is 18.2 Å². The van der Waals surface area contributed by atoms with Crippen LogP contribution in [0.25, 0.3) is 0 Å². The molecule has 3 nitrogen and oxygen atoms in total. The van der Waals surface area contributed by atoms with Crippen LogP contribution < -0.4 is 4.90 Å². The summed E-state index contributed by atoms with van der Waals surface area (Å²) in [6, 6.07) is 5.24. The Bertz CT molecular complexity index is 504. The topological polar surface area (TPSA) is 30.3 Å². The summed E-state index contributed by atoms with van der Waals surface area (Å²) in [5.74, 6) is 0. The van der Waals surface area contributed by atoms with Gasteiger partial charge in [-0.25, -0.2) is 0 Å². The summed E-state index contributed by atoms with van der Waals surface area (Å²) in [6.45, 7) is 4.14. The molecular weight excluding hydrogens is 279 g/mol. The van der Waals surface area contributed by atoms with Crippen molar-refractivity contribution in [2.45, 2.75) is 19.5 Å². The van der Waals surface area contributed by atoms with Crippen LogP contribution in [0.4, 0.5) is 18.9 Å². The van der Waals surface area contributed by atoms with Gasteiger partial charge in [-0.3, -0.25) is 0 Å². The van der Waals surface area contributed by atoms with E-state index in [9.17, 15) is 13.2 Å². The highest BCUT2D eigenvalue weighted by molar-refractivity contribution is 5.60. The number of nitrogens with zero attached hydrogens (tertiary/aromatic N) is 3. The molecule has 0 unspecified atom stereocenters. The van der Waals surface area contributed by atoms with E-state index in [1.807, 2.05) is 36.9 Å². The molecule has 0 fully saturated rings. The molecule has 0 atom stereocenters. The van der Waals surface area contributed by atoms with Crippen molar-refractivity contribution in [3.63, 3.8) is 0 Å². The van der Waals surface area contributed by atoms with Gasteiger partial charge in [0.1, 0.15) is 6.07 Å². The second-order valence-corrected chi connectivity index (χ2v) is 5.13. The summed E-state index contributed by atoms with van der Waals surface area (Å²) in [5, 5.41) is 9.15. The molecule has 0 saturated heterocycles. The number of alkyl halides is 3. The summed E-state index contributed by atoms with van der Waals surface area (Å²) >= 11 is 0. The maximum atomic E-state index is 12.7. The Morgan fingerprint density at radius 1 is 1.14 bits per heavy atom. The third kappa shape index (κ3) is 4.94. The van der Waals surface area contributed by atoms with E-state index in [2.05, 4.69) is 0 Å². The van der Waals surface area contributed by atoms with Crippen molar-refractivity contribution in [1.29, 1.82) is 5.26 Å². The van der Waals surface area contributed by atoms with E-state index in [-0.39, 0.29) is 5.56 Å². The van der Waals surface area contributed by atoms with Crippen LogP contribution in [-0.2, 0) is 6.18 Å². The predicted octanol–water partition coefficient (Wildman–Crippen LogP) is 3.36. The smallest absolute Gasteiger partial charge is 0.369 e. The van der Waals surface area contributed by atoms with Gasteiger partial charge in [0.05, 0.1) is 16.8 Å². The van der Waals surface area contributed by atoms with E-state index >= 15 is 0 Å². The number of benzene rings is 1. The molecule has 0 bridgehead atoms. The van der Waals surface area contributed by atoms with Crippen LogP contribution >= 0.6 is 0 Å². The molecule has 0 aliphatic heterocycles. The Balaban J connectivity index is 3.11. The molecule has 1 rings (SSSR count). The zero-order valence-electron chi connectivity index (χ0n) is 12.5. The number of anilines is 1. The average Bonchev–Trinajstić information content (AvgIpc) is 2.41. The highest BCUT2D eigenvalue weighted by Crippen LogP contribution is 2.32. The highest BCUT2D eigenvalue weighted by atomic mass is 19.4. The normalized spacial score (nSPS) is 11.5. The van der Waals surface area contributed by atoms with Crippen LogP contribution in [0.2, 0.25) is 0 Å². The minimum atomic E-state index is -4.43. The SMILES string of the molecule is CCCN(CCN(C)C)c1ccc(C(F)(F)F)cc1C#N. The van der Waals surface area contributed by atoms with E-state index in [1.54, 1.807) is 0 Å². The fraction of sp³-hybridized carbons (Fsp3) is 0.533. The summed E-state index contributed by atoms with van der Waals surface area (Å²) in [7, 11) is 3.87. The molecule has 6 heteroatoms. The van der Waals surface area contributed by atoms with E-state index in [0.717, 1.165) is 25.1 Å². The molecule has 0 amide bonds. The van der Waals surface area contributed by atoms with Crippen LogP contribution in [0.3, 0.4) is 0 Å². The lowest BCUT2D eigenvalue weighted by molar-refractivity contribution is -0.137. The Labute approximate surface area is 123 Å². The average molecular weight is 299 g/mol. The minimum absolute atomic E-state index is 0.0667. The van der Waals surface area contributed by atoms with Crippen LogP contribution in [-0.4, -0.2) is 38.6 Å². The molecule has 0 radical (unpaired) electrons. The third-order valence-electron chi connectivity index (χ3n) is 3.10. The Morgan fingerprint density at radius 3 is 2.29 bits per heavy atom. The van der Waals surface area contributed by atoms with Crippen molar-refractivity contribution in [3.8, 4) is 6.07 Å². The number of nitriles is 1. The second-order valence-electron chi connectivity index (χ2n) is 5.13. The molecule has 116 valence electrons. The third-order valence-corrected chi connectivity index (χ3v) is 3.10. The Kier molecular flexibility index (Phi) is 6.03. The number of hydrogen-bond acceptors (Lipinski definition) is 3.